The minimum absolute atomic E-state index is 0.517. The van der Waals surface area contributed by atoms with E-state index in [0.717, 1.165) is 6.54 Å². The van der Waals surface area contributed by atoms with Gasteiger partial charge in [-0.2, -0.15) is 0 Å². The smallest absolute Gasteiger partial charge is 0.0634 e. The van der Waals surface area contributed by atoms with Crippen LogP contribution in [0.15, 0.2) is 53.5 Å². The molecule has 0 saturated carbocycles. The Labute approximate surface area is 137 Å². The number of likely N-dealkylation sites (tertiary alicyclic amines) is 1. The van der Waals surface area contributed by atoms with Crippen molar-refractivity contribution in [3.8, 4) is 0 Å². The standard InChI is InChI=1S/C19H24N2S/c1-3-10-18-16(8-1)21(15-7-14-20-12-5-6-13-20)17-9-2-4-11-19(17)22-18/h1-4,8-11,16,18H,5-7,12-15H2. The van der Waals surface area contributed by atoms with Gasteiger partial charge in [0.2, 0.25) is 0 Å². The molecule has 1 aromatic carbocycles. The second kappa shape index (κ2) is 6.51. The lowest BCUT2D eigenvalue weighted by atomic mass is 10.0. The molecule has 0 aromatic heterocycles. The van der Waals surface area contributed by atoms with Gasteiger partial charge in [0, 0.05) is 11.4 Å². The molecule has 1 aromatic rings. The largest absolute Gasteiger partial charge is 0.363 e. The Morgan fingerprint density at radius 1 is 1.00 bits per heavy atom. The van der Waals surface area contributed by atoms with E-state index in [2.05, 4.69) is 58.4 Å². The highest BCUT2D eigenvalue weighted by molar-refractivity contribution is 8.00. The van der Waals surface area contributed by atoms with Crippen LogP contribution < -0.4 is 4.90 Å². The zero-order valence-electron chi connectivity index (χ0n) is 13.0. The van der Waals surface area contributed by atoms with Crippen molar-refractivity contribution in [2.45, 2.75) is 35.4 Å². The molecule has 2 heterocycles. The van der Waals surface area contributed by atoms with Crippen molar-refractivity contribution in [3.05, 3.63) is 48.6 Å². The molecule has 1 saturated heterocycles. The number of para-hydroxylation sites is 1. The quantitative estimate of drug-likeness (QED) is 0.831. The van der Waals surface area contributed by atoms with Crippen LogP contribution in [0.4, 0.5) is 5.69 Å². The van der Waals surface area contributed by atoms with Crippen LogP contribution in [0.3, 0.4) is 0 Å². The van der Waals surface area contributed by atoms with Gasteiger partial charge in [-0.15, -0.1) is 11.8 Å². The summed E-state index contributed by atoms with van der Waals surface area (Å²) in [5.41, 5.74) is 1.43. The Balaban J connectivity index is 1.50. The molecule has 1 fully saturated rings. The Kier molecular flexibility index (Phi) is 4.26. The molecule has 3 heteroatoms. The number of fused-ring (bicyclic) bond motifs is 2. The molecular formula is C19H24N2S. The predicted octanol–water partition coefficient (Wildman–Crippen LogP) is 3.95. The number of nitrogens with zero attached hydrogens (tertiary/aromatic N) is 2. The third-order valence-corrected chi connectivity index (χ3v) is 6.23. The molecule has 22 heavy (non-hydrogen) atoms. The van der Waals surface area contributed by atoms with E-state index < -0.39 is 0 Å². The Bertz CT molecular complexity index is 575. The van der Waals surface area contributed by atoms with Crippen LogP contribution in [-0.4, -0.2) is 42.4 Å². The Hall–Kier alpha value is -1.19. The first-order valence-electron chi connectivity index (χ1n) is 8.51. The van der Waals surface area contributed by atoms with E-state index in [1.54, 1.807) is 0 Å². The highest BCUT2D eigenvalue weighted by Gasteiger charge is 2.32. The van der Waals surface area contributed by atoms with E-state index in [9.17, 15) is 0 Å². The second-order valence-electron chi connectivity index (χ2n) is 6.41. The fourth-order valence-corrected chi connectivity index (χ4v) is 5.11. The monoisotopic (exact) mass is 312 g/mol. The number of hydrogen-bond donors (Lipinski definition) is 0. The van der Waals surface area contributed by atoms with E-state index in [1.807, 2.05) is 11.8 Å². The molecule has 2 aliphatic heterocycles. The van der Waals surface area contributed by atoms with E-state index in [4.69, 9.17) is 0 Å². The average Bonchev–Trinajstić information content (AvgIpc) is 3.07. The lowest BCUT2D eigenvalue weighted by Gasteiger charge is -2.42. The van der Waals surface area contributed by atoms with Crippen molar-refractivity contribution < 1.29 is 0 Å². The zero-order chi connectivity index (χ0) is 14.8. The van der Waals surface area contributed by atoms with E-state index in [1.165, 1.54) is 49.5 Å². The van der Waals surface area contributed by atoms with Gasteiger partial charge in [-0.05, 0) is 51.0 Å². The summed E-state index contributed by atoms with van der Waals surface area (Å²) in [7, 11) is 0. The van der Waals surface area contributed by atoms with Crippen LogP contribution in [0.5, 0.6) is 0 Å². The summed E-state index contributed by atoms with van der Waals surface area (Å²) < 4.78 is 0. The fraction of sp³-hybridized carbons (Fsp3) is 0.474. The van der Waals surface area contributed by atoms with Crippen molar-refractivity contribution in [1.82, 2.24) is 4.90 Å². The summed E-state index contributed by atoms with van der Waals surface area (Å²) in [6.07, 6.45) is 13.2. The zero-order valence-corrected chi connectivity index (χ0v) is 13.8. The topological polar surface area (TPSA) is 6.48 Å². The second-order valence-corrected chi connectivity index (χ2v) is 7.63. The summed E-state index contributed by atoms with van der Waals surface area (Å²) >= 11 is 2.01. The first-order valence-corrected chi connectivity index (χ1v) is 9.39. The van der Waals surface area contributed by atoms with Gasteiger partial charge in [0.25, 0.3) is 0 Å². The summed E-state index contributed by atoms with van der Waals surface area (Å²) in [6.45, 7) is 5.03. The first-order chi connectivity index (χ1) is 10.9. The molecule has 0 amide bonds. The number of rotatable bonds is 4. The molecule has 0 N–H and O–H groups in total. The fourth-order valence-electron chi connectivity index (χ4n) is 3.81. The predicted molar refractivity (Wildman–Crippen MR) is 95.8 cm³/mol. The molecule has 0 radical (unpaired) electrons. The van der Waals surface area contributed by atoms with Crippen LogP contribution >= 0.6 is 11.8 Å². The van der Waals surface area contributed by atoms with Gasteiger partial charge in [-0.3, -0.25) is 0 Å². The van der Waals surface area contributed by atoms with Crippen molar-refractivity contribution in [1.29, 1.82) is 0 Å². The molecule has 3 aliphatic rings. The van der Waals surface area contributed by atoms with E-state index in [0.29, 0.717) is 11.3 Å². The summed E-state index contributed by atoms with van der Waals surface area (Å²) in [5, 5.41) is 0.562. The summed E-state index contributed by atoms with van der Waals surface area (Å²) in [5.74, 6) is 0. The maximum atomic E-state index is 2.63. The highest BCUT2D eigenvalue weighted by atomic mass is 32.2. The highest BCUT2D eigenvalue weighted by Crippen LogP contribution is 2.43. The molecule has 2 nitrogen and oxygen atoms in total. The van der Waals surface area contributed by atoms with Crippen LogP contribution in [0.2, 0.25) is 0 Å². The Morgan fingerprint density at radius 3 is 2.73 bits per heavy atom. The molecule has 0 spiro atoms. The van der Waals surface area contributed by atoms with Gasteiger partial charge in [-0.1, -0.05) is 36.4 Å². The Morgan fingerprint density at radius 2 is 1.82 bits per heavy atom. The lowest BCUT2D eigenvalue weighted by Crippen LogP contribution is -2.45. The summed E-state index contributed by atoms with van der Waals surface area (Å²) in [4.78, 5) is 6.69. The van der Waals surface area contributed by atoms with Crippen molar-refractivity contribution in [2.75, 3.05) is 31.1 Å². The minimum atomic E-state index is 0.517. The molecule has 2 atom stereocenters. The molecule has 4 rings (SSSR count). The number of benzene rings is 1. The third kappa shape index (κ3) is 2.84. The van der Waals surface area contributed by atoms with Crippen LogP contribution in [0, 0.1) is 0 Å². The normalized spacial score (nSPS) is 27.0. The number of thioether (sulfide) groups is 1. The van der Waals surface area contributed by atoms with Gasteiger partial charge in [0.1, 0.15) is 0 Å². The molecule has 1 aliphatic carbocycles. The van der Waals surface area contributed by atoms with Crippen molar-refractivity contribution in [3.63, 3.8) is 0 Å². The van der Waals surface area contributed by atoms with Gasteiger partial charge >= 0.3 is 0 Å². The maximum absolute atomic E-state index is 2.63. The molecule has 2 unspecified atom stereocenters. The molecule has 0 bridgehead atoms. The average molecular weight is 312 g/mol. The minimum Gasteiger partial charge on any atom is -0.363 e. The van der Waals surface area contributed by atoms with Gasteiger partial charge in [0.05, 0.1) is 17.0 Å². The van der Waals surface area contributed by atoms with Crippen molar-refractivity contribution in [2.24, 2.45) is 0 Å². The molecular weight excluding hydrogens is 288 g/mol. The third-order valence-electron chi connectivity index (χ3n) is 4.93. The van der Waals surface area contributed by atoms with Gasteiger partial charge in [-0.25, -0.2) is 0 Å². The van der Waals surface area contributed by atoms with Crippen LogP contribution in [-0.2, 0) is 0 Å². The number of allylic oxidation sites excluding steroid dienone is 2. The maximum Gasteiger partial charge on any atom is 0.0634 e. The first kappa shape index (κ1) is 14.4. The lowest BCUT2D eigenvalue weighted by molar-refractivity contribution is 0.333. The van der Waals surface area contributed by atoms with Gasteiger partial charge < -0.3 is 9.80 Å². The van der Waals surface area contributed by atoms with Crippen LogP contribution in [0.25, 0.3) is 0 Å². The molecule has 116 valence electrons. The van der Waals surface area contributed by atoms with Gasteiger partial charge in [0.15, 0.2) is 0 Å². The number of hydrogen-bond acceptors (Lipinski definition) is 3. The summed E-state index contributed by atoms with van der Waals surface area (Å²) in [6, 6.07) is 9.42. The van der Waals surface area contributed by atoms with Crippen LogP contribution in [0.1, 0.15) is 19.3 Å². The number of anilines is 1. The van der Waals surface area contributed by atoms with Crippen molar-refractivity contribution >= 4 is 17.4 Å². The SMILES string of the molecule is C1=CC2Sc3ccccc3N(CCCN3CCCC3)C2C=C1. The van der Waals surface area contributed by atoms with E-state index in [-0.39, 0.29) is 0 Å². The van der Waals surface area contributed by atoms with E-state index >= 15 is 0 Å².